The summed E-state index contributed by atoms with van der Waals surface area (Å²) in [6, 6.07) is 7.91. The Hall–Kier alpha value is -3.78. The van der Waals surface area contributed by atoms with Gasteiger partial charge in [0.1, 0.15) is 18.1 Å². The van der Waals surface area contributed by atoms with Gasteiger partial charge in [0.25, 0.3) is 0 Å². The van der Waals surface area contributed by atoms with Gasteiger partial charge >= 0.3 is 0 Å². The lowest BCUT2D eigenvalue weighted by Crippen LogP contribution is -2.29. The van der Waals surface area contributed by atoms with E-state index in [1.165, 1.54) is 24.0 Å². The van der Waals surface area contributed by atoms with Crippen LogP contribution >= 0.6 is 0 Å². The number of methoxy groups -OCH3 is 1. The predicted molar refractivity (Wildman–Crippen MR) is 137 cm³/mol. The quantitative estimate of drug-likeness (QED) is 0.518. The summed E-state index contributed by atoms with van der Waals surface area (Å²) in [6.45, 7) is 4.43. The van der Waals surface area contributed by atoms with Gasteiger partial charge in [0.05, 0.1) is 12.8 Å². The zero-order chi connectivity index (χ0) is 24.4. The van der Waals surface area contributed by atoms with E-state index in [4.69, 9.17) is 9.72 Å². The second-order valence-electron chi connectivity index (χ2n) is 9.16. The standard InChI is InChI=1S/C27H30N6O2/c1-17-14-20(4-5-21(17)18-7-12-33(2)13-8-18)31-26-24-19(6-9-28-23(24)16-34)15-22(32-26)25-27(35-3)30-11-10-29-25/h4-6,9-11,14-16,18,23,28H,7-8,12-13H2,1-3H3,(H,31,32). The fraction of sp³-hybridized carbons (Fsp3) is 0.333. The van der Waals surface area contributed by atoms with Crippen LogP contribution in [0.15, 0.2) is 42.9 Å². The van der Waals surface area contributed by atoms with Gasteiger partial charge in [-0.1, -0.05) is 6.07 Å². The van der Waals surface area contributed by atoms with Crippen molar-refractivity contribution in [2.24, 2.45) is 0 Å². The Morgan fingerprint density at radius 3 is 2.71 bits per heavy atom. The van der Waals surface area contributed by atoms with E-state index in [1.54, 1.807) is 25.7 Å². The Balaban J connectivity index is 1.53. The third-order valence-electron chi connectivity index (χ3n) is 6.87. The molecule has 8 heteroatoms. The van der Waals surface area contributed by atoms with Crippen LogP contribution in [0.1, 0.15) is 47.1 Å². The largest absolute Gasteiger partial charge is 0.479 e. The molecule has 35 heavy (non-hydrogen) atoms. The monoisotopic (exact) mass is 470 g/mol. The lowest BCUT2D eigenvalue weighted by Gasteiger charge is -2.30. The number of hydrogen-bond donors (Lipinski definition) is 2. The molecule has 2 aliphatic heterocycles. The van der Waals surface area contributed by atoms with Gasteiger partial charge in [0.15, 0.2) is 5.69 Å². The third-order valence-corrected chi connectivity index (χ3v) is 6.87. The fourth-order valence-corrected chi connectivity index (χ4v) is 5.01. The highest BCUT2D eigenvalue weighted by Crippen LogP contribution is 2.36. The van der Waals surface area contributed by atoms with Crippen LogP contribution in [0.3, 0.4) is 0 Å². The number of aromatic nitrogens is 3. The number of aldehydes is 1. The molecule has 0 radical (unpaired) electrons. The zero-order valence-corrected chi connectivity index (χ0v) is 20.3. The number of nitrogens with one attached hydrogen (secondary N) is 2. The Kier molecular flexibility index (Phi) is 6.46. The number of ether oxygens (including phenoxy) is 1. The molecule has 0 bridgehead atoms. The van der Waals surface area contributed by atoms with Gasteiger partial charge in [-0.3, -0.25) is 0 Å². The third kappa shape index (κ3) is 4.61. The molecule has 1 fully saturated rings. The minimum atomic E-state index is -0.498. The predicted octanol–water partition coefficient (Wildman–Crippen LogP) is 4.22. The number of pyridine rings is 1. The van der Waals surface area contributed by atoms with Crippen molar-refractivity contribution < 1.29 is 9.53 Å². The van der Waals surface area contributed by atoms with Gasteiger partial charge in [-0.25, -0.2) is 15.0 Å². The van der Waals surface area contributed by atoms with Crippen molar-refractivity contribution in [1.82, 2.24) is 25.2 Å². The molecular formula is C27H30N6O2. The normalized spacial score (nSPS) is 18.0. The van der Waals surface area contributed by atoms with E-state index < -0.39 is 6.04 Å². The van der Waals surface area contributed by atoms with Crippen LogP contribution in [-0.2, 0) is 4.79 Å². The summed E-state index contributed by atoms with van der Waals surface area (Å²) < 4.78 is 5.41. The molecule has 1 saturated heterocycles. The highest BCUT2D eigenvalue weighted by Gasteiger charge is 2.25. The number of rotatable bonds is 6. The van der Waals surface area contributed by atoms with E-state index in [0.717, 1.165) is 36.2 Å². The molecule has 0 amide bonds. The maximum absolute atomic E-state index is 11.9. The van der Waals surface area contributed by atoms with Crippen LogP contribution in [0.25, 0.3) is 17.5 Å². The molecule has 180 valence electrons. The van der Waals surface area contributed by atoms with Crippen molar-refractivity contribution in [2.45, 2.75) is 31.7 Å². The van der Waals surface area contributed by atoms with E-state index >= 15 is 0 Å². The second kappa shape index (κ2) is 9.84. The van der Waals surface area contributed by atoms with Gasteiger partial charge < -0.3 is 25.1 Å². The highest BCUT2D eigenvalue weighted by atomic mass is 16.5. The average Bonchev–Trinajstić information content (AvgIpc) is 2.89. The Bertz CT molecular complexity index is 1270. The summed E-state index contributed by atoms with van der Waals surface area (Å²) in [4.78, 5) is 27.9. The average molecular weight is 471 g/mol. The van der Waals surface area contributed by atoms with Crippen LogP contribution in [0, 0.1) is 6.92 Å². The summed E-state index contributed by atoms with van der Waals surface area (Å²) in [5.74, 6) is 1.59. The van der Waals surface area contributed by atoms with Crippen molar-refractivity contribution >= 4 is 23.9 Å². The maximum Gasteiger partial charge on any atom is 0.241 e. The highest BCUT2D eigenvalue weighted by molar-refractivity contribution is 5.80. The number of likely N-dealkylation sites (tertiary alicyclic amines) is 1. The SMILES string of the molecule is COc1nccnc1-c1cc2c(c(Nc3ccc(C4CCN(C)CC4)c(C)c3)n1)C(C=O)NC=C2. The van der Waals surface area contributed by atoms with E-state index in [9.17, 15) is 4.79 Å². The molecule has 4 heterocycles. The molecule has 0 aliphatic carbocycles. The molecule has 2 aromatic heterocycles. The van der Waals surface area contributed by atoms with Crippen LogP contribution < -0.4 is 15.4 Å². The lowest BCUT2D eigenvalue weighted by molar-refractivity contribution is -0.109. The Morgan fingerprint density at radius 2 is 1.97 bits per heavy atom. The minimum Gasteiger partial charge on any atom is -0.479 e. The number of nitrogens with zero attached hydrogens (tertiary/aromatic N) is 4. The number of anilines is 2. The van der Waals surface area contributed by atoms with Crippen molar-refractivity contribution in [3.05, 3.63) is 65.1 Å². The molecule has 5 rings (SSSR count). The van der Waals surface area contributed by atoms with Crippen molar-refractivity contribution in [3.63, 3.8) is 0 Å². The molecule has 1 aromatic carbocycles. The number of benzene rings is 1. The van der Waals surface area contributed by atoms with E-state index in [0.29, 0.717) is 29.0 Å². The number of fused-ring (bicyclic) bond motifs is 1. The zero-order valence-electron chi connectivity index (χ0n) is 20.3. The smallest absolute Gasteiger partial charge is 0.241 e. The topological polar surface area (TPSA) is 92.3 Å². The molecule has 0 spiro atoms. The fourth-order valence-electron chi connectivity index (χ4n) is 5.01. The van der Waals surface area contributed by atoms with Crippen LogP contribution in [0.4, 0.5) is 11.5 Å². The Morgan fingerprint density at radius 1 is 1.17 bits per heavy atom. The van der Waals surface area contributed by atoms with Gasteiger partial charge in [-0.2, -0.15) is 0 Å². The first-order valence-electron chi connectivity index (χ1n) is 11.9. The van der Waals surface area contributed by atoms with Gasteiger partial charge in [0, 0.05) is 23.6 Å². The molecule has 2 N–H and O–H groups in total. The molecule has 0 saturated carbocycles. The number of piperidine rings is 1. The first-order chi connectivity index (χ1) is 17.1. The van der Waals surface area contributed by atoms with E-state index in [1.807, 2.05) is 12.1 Å². The second-order valence-corrected chi connectivity index (χ2v) is 9.16. The van der Waals surface area contributed by atoms with Gasteiger partial charge in [-0.05, 0) is 93.0 Å². The first-order valence-corrected chi connectivity index (χ1v) is 11.9. The van der Waals surface area contributed by atoms with Crippen molar-refractivity contribution in [3.8, 4) is 17.3 Å². The number of aryl methyl sites for hydroxylation is 1. The van der Waals surface area contributed by atoms with Gasteiger partial charge in [-0.15, -0.1) is 0 Å². The summed E-state index contributed by atoms with van der Waals surface area (Å²) >= 11 is 0. The van der Waals surface area contributed by atoms with E-state index in [2.05, 4.69) is 57.7 Å². The molecule has 1 unspecified atom stereocenters. The number of carbonyl (C=O) groups excluding carboxylic acids is 1. The first kappa shape index (κ1) is 23.0. The summed E-state index contributed by atoms with van der Waals surface area (Å²) in [5, 5.41) is 6.60. The lowest BCUT2D eigenvalue weighted by atomic mass is 9.87. The van der Waals surface area contributed by atoms with Crippen molar-refractivity contribution in [2.75, 3.05) is 32.6 Å². The summed E-state index contributed by atoms with van der Waals surface area (Å²) in [5.41, 5.74) is 6.45. The molecule has 1 atom stereocenters. The molecule has 3 aromatic rings. The molecule has 2 aliphatic rings. The minimum absolute atomic E-state index is 0.397. The summed E-state index contributed by atoms with van der Waals surface area (Å²) in [7, 11) is 3.75. The maximum atomic E-state index is 11.9. The summed E-state index contributed by atoms with van der Waals surface area (Å²) in [6.07, 6.45) is 10.2. The van der Waals surface area contributed by atoms with Crippen LogP contribution in [0.2, 0.25) is 0 Å². The number of hydrogen-bond acceptors (Lipinski definition) is 8. The van der Waals surface area contributed by atoms with Crippen LogP contribution in [0.5, 0.6) is 5.88 Å². The molecule has 8 nitrogen and oxygen atoms in total. The van der Waals surface area contributed by atoms with Crippen LogP contribution in [-0.4, -0.2) is 53.4 Å². The van der Waals surface area contributed by atoms with E-state index in [-0.39, 0.29) is 0 Å². The van der Waals surface area contributed by atoms with Gasteiger partial charge in [0.2, 0.25) is 5.88 Å². The van der Waals surface area contributed by atoms with Crippen molar-refractivity contribution in [1.29, 1.82) is 0 Å². The molecular weight excluding hydrogens is 440 g/mol. The number of carbonyl (C=O) groups is 1. The Labute approximate surface area is 205 Å².